The van der Waals surface area contributed by atoms with Gasteiger partial charge in [0, 0.05) is 33.5 Å². The molecule has 1 aliphatic rings. The van der Waals surface area contributed by atoms with Gasteiger partial charge in [-0.1, -0.05) is 133 Å². The molecule has 10 aromatic carbocycles. The van der Waals surface area contributed by atoms with E-state index in [0.29, 0.717) is 5.69 Å². The van der Waals surface area contributed by atoms with Crippen molar-refractivity contribution < 1.29 is 11.0 Å². The second kappa shape index (κ2) is 13.4. The maximum absolute atomic E-state index is 8.97. The highest BCUT2D eigenvalue weighted by atomic mass is 15.1. The van der Waals surface area contributed by atoms with E-state index >= 15 is 0 Å². The molecule has 2 nitrogen and oxygen atoms in total. The molecule has 0 amide bonds. The van der Waals surface area contributed by atoms with Crippen LogP contribution in [0.25, 0.3) is 93.5 Å². The third kappa shape index (κ3) is 5.42. The van der Waals surface area contributed by atoms with Crippen molar-refractivity contribution >= 4 is 60.4 Å². The predicted octanol–water partition coefficient (Wildman–Crippen LogP) is 16.2. The third-order valence-corrected chi connectivity index (χ3v) is 12.2. The summed E-state index contributed by atoms with van der Waals surface area (Å²) in [6.07, 6.45) is 0. The number of fused-ring (bicyclic) bond motifs is 9. The third-order valence-electron chi connectivity index (χ3n) is 12.2. The number of aryl methyl sites for hydroxylation is 2. The summed E-state index contributed by atoms with van der Waals surface area (Å²) in [5.41, 5.74) is 15.4. The maximum Gasteiger partial charge on any atom is 0.0645 e. The predicted molar refractivity (Wildman–Crippen MR) is 255 cm³/mol. The zero-order valence-electron chi connectivity index (χ0n) is 40.9. The van der Waals surface area contributed by atoms with Crippen LogP contribution in [-0.2, 0) is 0 Å². The fraction of sp³-hybridized carbons (Fsp3) is 0.0345. The molecule has 11 aromatic rings. The average Bonchev–Trinajstić information content (AvgIpc) is 3.73. The van der Waals surface area contributed by atoms with Gasteiger partial charge in [-0.05, 0) is 164 Å². The molecule has 0 aliphatic heterocycles. The monoisotopic (exact) mass is 772 g/mol. The number of nitrogens with zero attached hydrogens (tertiary/aromatic N) is 2. The lowest BCUT2D eigenvalue weighted by Crippen LogP contribution is -2.13. The minimum Gasteiger partial charge on any atom is -0.310 e. The van der Waals surface area contributed by atoms with Crippen molar-refractivity contribution in [2.75, 3.05) is 4.90 Å². The van der Waals surface area contributed by atoms with Gasteiger partial charge in [-0.2, -0.15) is 0 Å². The summed E-state index contributed by atoms with van der Waals surface area (Å²) in [5.74, 6) is 0. The van der Waals surface area contributed by atoms with Crippen molar-refractivity contribution in [3.63, 3.8) is 0 Å². The summed E-state index contributed by atoms with van der Waals surface area (Å²) in [5, 5.41) is 4.19. The summed E-state index contributed by atoms with van der Waals surface area (Å²) < 4.78 is 71.1. The topological polar surface area (TPSA) is 8.17 Å². The van der Waals surface area contributed by atoms with Crippen LogP contribution in [0.2, 0.25) is 0 Å². The molecular formula is C58H40N2. The Hall–Kier alpha value is -7.68. The average molecular weight is 773 g/mol. The molecular weight excluding hydrogens is 725 g/mol. The minimum absolute atomic E-state index is 0.0639. The van der Waals surface area contributed by atoms with Crippen molar-refractivity contribution in [1.29, 1.82) is 0 Å². The van der Waals surface area contributed by atoms with Gasteiger partial charge in [0.05, 0.1) is 22.0 Å². The summed E-state index contributed by atoms with van der Waals surface area (Å²) in [6, 6.07) is 52.6. The van der Waals surface area contributed by atoms with Crippen LogP contribution in [0, 0.1) is 13.8 Å². The number of rotatable bonds is 6. The lowest BCUT2D eigenvalue weighted by atomic mass is 9.78. The molecule has 1 aliphatic carbocycles. The molecule has 0 spiro atoms. The molecule has 2 heteroatoms. The lowest BCUT2D eigenvalue weighted by molar-refractivity contribution is 1.19. The number of aromatic nitrogens is 1. The second-order valence-corrected chi connectivity index (χ2v) is 15.7. The van der Waals surface area contributed by atoms with E-state index in [-0.39, 0.29) is 46.0 Å². The van der Waals surface area contributed by atoms with E-state index in [1.165, 1.54) is 0 Å². The molecule has 0 atom stereocenters. The van der Waals surface area contributed by atoms with Crippen molar-refractivity contribution in [2.24, 2.45) is 0 Å². The maximum atomic E-state index is 8.97. The Balaban J connectivity index is 0.992. The van der Waals surface area contributed by atoms with E-state index in [4.69, 9.17) is 11.0 Å². The van der Waals surface area contributed by atoms with Crippen molar-refractivity contribution in [2.45, 2.75) is 13.8 Å². The highest BCUT2D eigenvalue weighted by molar-refractivity contribution is 6.13. The molecule has 282 valence electrons. The van der Waals surface area contributed by atoms with Crippen LogP contribution < -0.4 is 4.90 Å². The number of hydrogen-bond acceptors (Lipinski definition) is 1. The van der Waals surface area contributed by atoms with Gasteiger partial charge < -0.3 is 9.47 Å². The second-order valence-electron chi connectivity index (χ2n) is 15.7. The number of hydrogen-bond donors (Lipinski definition) is 0. The summed E-state index contributed by atoms with van der Waals surface area (Å²) in [4.78, 5) is 2.40. The fourth-order valence-corrected chi connectivity index (χ4v) is 9.09. The van der Waals surface area contributed by atoms with Gasteiger partial charge in [-0.3, -0.25) is 0 Å². The van der Waals surface area contributed by atoms with E-state index in [1.54, 1.807) is 4.57 Å². The molecule has 60 heavy (non-hydrogen) atoms. The van der Waals surface area contributed by atoms with Crippen LogP contribution in [0.1, 0.15) is 22.1 Å². The minimum atomic E-state index is -0.459. The smallest absolute Gasteiger partial charge is 0.0645 e. The Labute approximate surface area is 361 Å². The van der Waals surface area contributed by atoms with Crippen LogP contribution in [-0.4, -0.2) is 4.57 Å². The highest BCUT2D eigenvalue weighted by Crippen LogP contribution is 2.51. The Morgan fingerprint density at radius 2 is 0.867 bits per heavy atom. The van der Waals surface area contributed by atoms with Crippen LogP contribution in [0.5, 0.6) is 0 Å². The van der Waals surface area contributed by atoms with Gasteiger partial charge in [0.15, 0.2) is 0 Å². The zero-order valence-corrected chi connectivity index (χ0v) is 32.9. The first-order chi connectivity index (χ1) is 32.9. The standard InChI is InChI=1S/C58H40N2/c1-37-21-23-43(39-13-5-3-6-14-39)35-57(37)60(58-36-44(24-22-38(58)2)40-15-7-4-8-16-40)48-28-26-42-32-52-53-33-45-29-47(27-25-41(45)31-51(53)54(52)34-46(42)30-48)59-55-19-11-9-17-49(55)50-18-10-12-20-56(50)59/h3-36H,1-2H3/i9D,10D,11D,12D,17D,18D,19D,20D. The molecule has 0 unspecified atom stereocenters. The first kappa shape index (κ1) is 27.1. The van der Waals surface area contributed by atoms with Crippen molar-refractivity contribution in [3.8, 4) is 50.2 Å². The molecule has 0 bridgehead atoms. The van der Waals surface area contributed by atoms with Crippen molar-refractivity contribution in [3.05, 3.63) is 217 Å². The van der Waals surface area contributed by atoms with Crippen LogP contribution in [0.3, 0.4) is 0 Å². The molecule has 0 N–H and O–H groups in total. The fourth-order valence-electron chi connectivity index (χ4n) is 9.09. The van der Waals surface area contributed by atoms with E-state index in [2.05, 4.69) is 146 Å². The summed E-state index contributed by atoms with van der Waals surface area (Å²) >= 11 is 0. The number of anilines is 3. The Bertz CT molecular complexity index is 3810. The van der Waals surface area contributed by atoms with Gasteiger partial charge >= 0.3 is 0 Å². The molecule has 0 radical (unpaired) electrons. The van der Waals surface area contributed by atoms with Crippen LogP contribution in [0.4, 0.5) is 17.1 Å². The normalized spacial score (nSPS) is 13.7. The largest absolute Gasteiger partial charge is 0.310 e. The van der Waals surface area contributed by atoms with Gasteiger partial charge in [-0.25, -0.2) is 0 Å². The van der Waals surface area contributed by atoms with Crippen LogP contribution in [0.15, 0.2) is 206 Å². The Kier molecular flexibility index (Phi) is 6.07. The Morgan fingerprint density at radius 1 is 0.400 bits per heavy atom. The number of para-hydroxylation sites is 2. The summed E-state index contributed by atoms with van der Waals surface area (Å²) in [6.45, 7) is 4.35. The van der Waals surface area contributed by atoms with Crippen LogP contribution >= 0.6 is 0 Å². The van der Waals surface area contributed by atoms with E-state index in [0.717, 1.165) is 94.2 Å². The Morgan fingerprint density at radius 3 is 1.40 bits per heavy atom. The van der Waals surface area contributed by atoms with E-state index < -0.39 is 24.2 Å². The highest BCUT2D eigenvalue weighted by Gasteiger charge is 2.25. The van der Waals surface area contributed by atoms with Gasteiger partial charge in [0.1, 0.15) is 0 Å². The first-order valence-electron chi connectivity index (χ1n) is 24.2. The SMILES string of the molecule is [2H]c1c([2H])c([2H])c2c(c1[2H])c1c([2H])c([2H])c([2H])c([2H])c1n2-c1ccc2cc3c(cc2c1)-c1cc2ccc(N(c4cc(-c5ccccc5)ccc4C)c4cc(-c5ccccc5)ccc4C)cc2cc1-3. The van der Waals surface area contributed by atoms with Gasteiger partial charge in [0.2, 0.25) is 0 Å². The van der Waals surface area contributed by atoms with Gasteiger partial charge in [0.25, 0.3) is 0 Å². The molecule has 0 saturated heterocycles. The molecule has 0 fully saturated rings. The van der Waals surface area contributed by atoms with E-state index in [9.17, 15) is 0 Å². The molecule has 0 saturated carbocycles. The zero-order chi connectivity index (χ0) is 46.9. The molecule has 1 aromatic heterocycles. The quantitative estimate of drug-likeness (QED) is 0.163. The lowest BCUT2D eigenvalue weighted by Gasteiger charge is -2.30. The first-order valence-corrected chi connectivity index (χ1v) is 20.2. The summed E-state index contributed by atoms with van der Waals surface area (Å²) in [7, 11) is 0. The van der Waals surface area contributed by atoms with E-state index in [1.807, 2.05) is 30.3 Å². The van der Waals surface area contributed by atoms with Gasteiger partial charge in [-0.15, -0.1) is 0 Å². The molecule has 1 heterocycles. The molecule has 12 rings (SSSR count). The number of benzene rings is 10. The van der Waals surface area contributed by atoms with Crippen molar-refractivity contribution in [1.82, 2.24) is 4.57 Å².